The van der Waals surface area contributed by atoms with Gasteiger partial charge in [-0.05, 0) is 19.1 Å². The molecule has 1 aliphatic heterocycles. The number of piperazine rings is 1. The number of amides is 1. The second-order valence-electron chi connectivity index (χ2n) is 3.48. The number of carbonyl (C=O) groups excluding carboxylic acids is 1. The fourth-order valence-corrected chi connectivity index (χ4v) is 1.58. The molecule has 1 aromatic heterocycles. The summed E-state index contributed by atoms with van der Waals surface area (Å²) in [6.45, 7) is 3.22. The first-order valence-electron chi connectivity index (χ1n) is 4.82. The maximum atomic E-state index is 11.4. The van der Waals surface area contributed by atoms with Gasteiger partial charge >= 0.3 is 0 Å². The summed E-state index contributed by atoms with van der Waals surface area (Å²) in [7, 11) is 0. The van der Waals surface area contributed by atoms with Crippen molar-refractivity contribution in [1.82, 2.24) is 15.5 Å². The van der Waals surface area contributed by atoms with E-state index >= 15 is 0 Å². The number of aromatic nitrogens is 2. The first-order valence-corrected chi connectivity index (χ1v) is 4.82. The van der Waals surface area contributed by atoms with Crippen molar-refractivity contribution in [2.75, 3.05) is 23.7 Å². The van der Waals surface area contributed by atoms with E-state index in [2.05, 4.69) is 15.5 Å². The van der Waals surface area contributed by atoms with Gasteiger partial charge in [-0.2, -0.15) is 0 Å². The second-order valence-corrected chi connectivity index (χ2v) is 3.48. The van der Waals surface area contributed by atoms with Crippen LogP contribution in [0.4, 0.5) is 11.6 Å². The Kier molecular flexibility index (Phi) is 2.40. The first kappa shape index (κ1) is 9.70. The lowest BCUT2D eigenvalue weighted by atomic mass is 10.2. The Bertz CT molecular complexity index is 363. The molecule has 2 rings (SSSR count). The molecule has 1 fully saturated rings. The highest BCUT2D eigenvalue weighted by Gasteiger charge is 2.26. The molecule has 15 heavy (non-hydrogen) atoms. The molecule has 0 aliphatic carbocycles. The average Bonchev–Trinajstić information content (AvgIpc) is 2.24. The molecular weight excluding hydrogens is 194 g/mol. The van der Waals surface area contributed by atoms with Crippen molar-refractivity contribution in [3.8, 4) is 0 Å². The molecule has 0 bridgehead atoms. The molecule has 1 aliphatic rings. The minimum Gasteiger partial charge on any atom is -0.382 e. The van der Waals surface area contributed by atoms with E-state index in [0.717, 1.165) is 6.54 Å². The molecule has 1 aromatic rings. The predicted octanol–water partition coefficient (Wildman–Crippen LogP) is -0.617. The van der Waals surface area contributed by atoms with Crippen LogP contribution in [0.5, 0.6) is 0 Å². The second kappa shape index (κ2) is 3.72. The Hall–Kier alpha value is -1.85. The van der Waals surface area contributed by atoms with E-state index in [1.54, 1.807) is 12.1 Å². The summed E-state index contributed by atoms with van der Waals surface area (Å²) < 4.78 is 0. The normalized spacial score (nSPS) is 21.3. The maximum Gasteiger partial charge on any atom is 0.242 e. The third-order valence-corrected chi connectivity index (χ3v) is 2.46. The van der Waals surface area contributed by atoms with Gasteiger partial charge in [-0.3, -0.25) is 4.79 Å². The van der Waals surface area contributed by atoms with E-state index in [9.17, 15) is 4.79 Å². The molecule has 6 nitrogen and oxygen atoms in total. The molecule has 6 heteroatoms. The van der Waals surface area contributed by atoms with Gasteiger partial charge in [-0.25, -0.2) is 0 Å². The molecular formula is C9H13N5O. The average molecular weight is 207 g/mol. The van der Waals surface area contributed by atoms with Gasteiger partial charge in [0.2, 0.25) is 5.91 Å². The van der Waals surface area contributed by atoms with Crippen molar-refractivity contribution in [1.29, 1.82) is 0 Å². The van der Waals surface area contributed by atoms with Crippen LogP contribution in [-0.2, 0) is 4.79 Å². The zero-order chi connectivity index (χ0) is 10.8. The van der Waals surface area contributed by atoms with Crippen LogP contribution in [0.2, 0.25) is 0 Å². The molecule has 1 saturated heterocycles. The Morgan fingerprint density at radius 2 is 2.33 bits per heavy atom. The lowest BCUT2D eigenvalue weighted by molar-refractivity contribution is -0.122. The number of rotatable bonds is 1. The van der Waals surface area contributed by atoms with E-state index in [1.165, 1.54) is 0 Å². The van der Waals surface area contributed by atoms with Crippen molar-refractivity contribution in [3.05, 3.63) is 12.1 Å². The molecule has 1 amide bonds. The van der Waals surface area contributed by atoms with Gasteiger partial charge < -0.3 is 16.0 Å². The standard InChI is InChI=1S/C9H13N5O/c1-6-9(15)11-4-5-14(6)8-3-2-7(10)12-13-8/h2-3,6H,4-5H2,1H3,(H2,10,12)(H,11,15). The van der Waals surface area contributed by atoms with Crippen molar-refractivity contribution in [2.24, 2.45) is 0 Å². The number of anilines is 2. The highest BCUT2D eigenvalue weighted by Crippen LogP contribution is 2.15. The summed E-state index contributed by atoms with van der Waals surface area (Å²) in [5.41, 5.74) is 5.45. The number of nitrogens with two attached hydrogens (primary N) is 1. The number of hydrogen-bond donors (Lipinski definition) is 2. The Labute approximate surface area is 87.5 Å². The Morgan fingerprint density at radius 1 is 1.53 bits per heavy atom. The molecule has 3 N–H and O–H groups in total. The van der Waals surface area contributed by atoms with E-state index in [1.807, 2.05) is 11.8 Å². The number of nitrogen functional groups attached to an aromatic ring is 1. The summed E-state index contributed by atoms with van der Waals surface area (Å²) in [5, 5.41) is 10.5. The third kappa shape index (κ3) is 1.83. The number of nitrogens with one attached hydrogen (secondary N) is 1. The van der Waals surface area contributed by atoms with Gasteiger partial charge in [-0.1, -0.05) is 0 Å². The molecule has 0 aromatic carbocycles. The van der Waals surface area contributed by atoms with E-state index in [4.69, 9.17) is 5.73 Å². The molecule has 0 spiro atoms. The smallest absolute Gasteiger partial charge is 0.242 e. The quantitative estimate of drug-likeness (QED) is 0.641. The van der Waals surface area contributed by atoms with Crippen LogP contribution in [0.15, 0.2) is 12.1 Å². The minimum absolute atomic E-state index is 0.0138. The molecule has 80 valence electrons. The van der Waals surface area contributed by atoms with Crippen LogP contribution in [0, 0.1) is 0 Å². The summed E-state index contributed by atoms with van der Waals surface area (Å²) in [5.74, 6) is 1.08. The summed E-state index contributed by atoms with van der Waals surface area (Å²) in [6.07, 6.45) is 0. The number of carbonyl (C=O) groups is 1. The van der Waals surface area contributed by atoms with Gasteiger partial charge in [0.25, 0.3) is 0 Å². The summed E-state index contributed by atoms with van der Waals surface area (Å²) in [6, 6.07) is 3.25. The van der Waals surface area contributed by atoms with Crippen molar-refractivity contribution in [3.63, 3.8) is 0 Å². The SMILES string of the molecule is CC1C(=O)NCCN1c1ccc(N)nn1. The Morgan fingerprint density at radius 3 is 3.00 bits per heavy atom. The van der Waals surface area contributed by atoms with Crippen LogP contribution in [-0.4, -0.2) is 35.2 Å². The van der Waals surface area contributed by atoms with Gasteiger partial charge in [0.15, 0.2) is 5.82 Å². The van der Waals surface area contributed by atoms with E-state index in [0.29, 0.717) is 18.2 Å². The van der Waals surface area contributed by atoms with Crippen LogP contribution in [0.25, 0.3) is 0 Å². The molecule has 1 unspecified atom stereocenters. The predicted molar refractivity (Wildman–Crippen MR) is 56.3 cm³/mol. The molecule has 0 radical (unpaired) electrons. The largest absolute Gasteiger partial charge is 0.382 e. The minimum atomic E-state index is -0.211. The van der Waals surface area contributed by atoms with Crippen molar-refractivity contribution >= 4 is 17.5 Å². The zero-order valence-corrected chi connectivity index (χ0v) is 8.47. The zero-order valence-electron chi connectivity index (χ0n) is 8.47. The van der Waals surface area contributed by atoms with E-state index in [-0.39, 0.29) is 11.9 Å². The topological polar surface area (TPSA) is 84.1 Å². The van der Waals surface area contributed by atoms with Crippen molar-refractivity contribution < 1.29 is 4.79 Å². The fraction of sp³-hybridized carbons (Fsp3) is 0.444. The third-order valence-electron chi connectivity index (χ3n) is 2.46. The van der Waals surface area contributed by atoms with Crippen LogP contribution >= 0.6 is 0 Å². The van der Waals surface area contributed by atoms with E-state index < -0.39 is 0 Å². The van der Waals surface area contributed by atoms with Gasteiger partial charge in [-0.15, -0.1) is 10.2 Å². The summed E-state index contributed by atoms with van der Waals surface area (Å²) in [4.78, 5) is 13.3. The van der Waals surface area contributed by atoms with Gasteiger partial charge in [0.05, 0.1) is 0 Å². The summed E-state index contributed by atoms with van der Waals surface area (Å²) >= 11 is 0. The van der Waals surface area contributed by atoms with Crippen LogP contribution in [0.3, 0.4) is 0 Å². The number of hydrogen-bond acceptors (Lipinski definition) is 5. The monoisotopic (exact) mass is 207 g/mol. The fourth-order valence-electron chi connectivity index (χ4n) is 1.58. The number of nitrogens with zero attached hydrogens (tertiary/aromatic N) is 3. The Balaban J connectivity index is 2.22. The first-order chi connectivity index (χ1) is 7.18. The van der Waals surface area contributed by atoms with Crippen LogP contribution < -0.4 is 16.0 Å². The van der Waals surface area contributed by atoms with Crippen molar-refractivity contribution in [2.45, 2.75) is 13.0 Å². The van der Waals surface area contributed by atoms with Gasteiger partial charge in [0.1, 0.15) is 11.9 Å². The van der Waals surface area contributed by atoms with Crippen LogP contribution in [0.1, 0.15) is 6.92 Å². The molecule has 2 heterocycles. The van der Waals surface area contributed by atoms with Gasteiger partial charge in [0, 0.05) is 13.1 Å². The lowest BCUT2D eigenvalue weighted by Crippen LogP contribution is -2.54. The maximum absolute atomic E-state index is 11.4. The highest BCUT2D eigenvalue weighted by atomic mass is 16.2. The molecule has 1 atom stereocenters. The highest BCUT2D eigenvalue weighted by molar-refractivity contribution is 5.85. The molecule has 0 saturated carbocycles. The lowest BCUT2D eigenvalue weighted by Gasteiger charge is -2.33.